The van der Waals surface area contributed by atoms with E-state index in [0.717, 1.165) is 25.1 Å². The van der Waals surface area contributed by atoms with Gasteiger partial charge in [-0.1, -0.05) is 26.7 Å². The fourth-order valence-electron chi connectivity index (χ4n) is 3.67. The number of amides is 1. The van der Waals surface area contributed by atoms with Gasteiger partial charge >= 0.3 is 0 Å². The van der Waals surface area contributed by atoms with Gasteiger partial charge in [0.2, 0.25) is 5.91 Å². The quantitative estimate of drug-likeness (QED) is 0.767. The molecule has 0 saturated heterocycles. The Bertz CT molecular complexity index is 545. The number of carbonyl (C=O) groups is 1. The molecule has 1 heterocycles. The van der Waals surface area contributed by atoms with Gasteiger partial charge in [0.15, 0.2) is 0 Å². The van der Waals surface area contributed by atoms with Gasteiger partial charge in [-0.05, 0) is 50.5 Å². The second-order valence-corrected chi connectivity index (χ2v) is 7.64. The summed E-state index contributed by atoms with van der Waals surface area (Å²) < 4.78 is 2.05. The van der Waals surface area contributed by atoms with Gasteiger partial charge in [-0.3, -0.25) is 9.48 Å². The van der Waals surface area contributed by atoms with Crippen LogP contribution in [0.4, 0.5) is 0 Å². The molecule has 1 aliphatic rings. The lowest BCUT2D eigenvalue weighted by molar-refractivity contribution is -0.121. The zero-order valence-electron chi connectivity index (χ0n) is 15.6. The van der Waals surface area contributed by atoms with Gasteiger partial charge in [0.1, 0.15) is 0 Å². The second-order valence-electron chi connectivity index (χ2n) is 7.64. The molecule has 2 N–H and O–H groups in total. The van der Waals surface area contributed by atoms with Gasteiger partial charge in [0.05, 0.1) is 11.8 Å². The van der Waals surface area contributed by atoms with Crippen molar-refractivity contribution < 1.29 is 9.90 Å². The molecule has 0 aromatic carbocycles. The van der Waals surface area contributed by atoms with Crippen molar-refractivity contribution in [2.45, 2.75) is 78.9 Å². The average Bonchev–Trinajstić information content (AvgIpc) is 3.13. The van der Waals surface area contributed by atoms with Crippen LogP contribution in [0.3, 0.4) is 0 Å². The van der Waals surface area contributed by atoms with E-state index in [-0.39, 0.29) is 5.91 Å². The van der Waals surface area contributed by atoms with Crippen LogP contribution in [0, 0.1) is 25.7 Å². The van der Waals surface area contributed by atoms with Crippen LogP contribution in [0.2, 0.25) is 0 Å². The fraction of sp³-hybridized carbons (Fsp3) is 0.789. The van der Waals surface area contributed by atoms with Gasteiger partial charge in [0, 0.05) is 25.2 Å². The molecule has 1 aliphatic carbocycles. The van der Waals surface area contributed by atoms with Crippen LogP contribution in [-0.2, 0) is 17.8 Å². The first kappa shape index (κ1) is 19.0. The van der Waals surface area contributed by atoms with Crippen molar-refractivity contribution in [3.8, 4) is 0 Å². The first-order valence-corrected chi connectivity index (χ1v) is 9.36. The maximum absolute atomic E-state index is 12.1. The first-order chi connectivity index (χ1) is 11.4. The number of aliphatic hydroxyl groups is 1. The van der Waals surface area contributed by atoms with Crippen LogP contribution in [-0.4, -0.2) is 33.4 Å². The lowest BCUT2D eigenvalue weighted by Gasteiger charge is -2.18. The van der Waals surface area contributed by atoms with Crippen molar-refractivity contribution in [2.75, 3.05) is 6.54 Å². The summed E-state index contributed by atoms with van der Waals surface area (Å²) in [6, 6.07) is 0. The van der Waals surface area contributed by atoms with E-state index in [4.69, 9.17) is 0 Å². The first-order valence-electron chi connectivity index (χ1n) is 9.36. The summed E-state index contributed by atoms with van der Waals surface area (Å²) in [7, 11) is 0. The van der Waals surface area contributed by atoms with Gasteiger partial charge in [0.25, 0.3) is 0 Å². The molecule has 0 radical (unpaired) electrons. The predicted molar refractivity (Wildman–Crippen MR) is 95.8 cm³/mol. The summed E-state index contributed by atoms with van der Waals surface area (Å²) in [5.41, 5.74) is 3.37. The molecule has 2 rings (SSSR count). The lowest BCUT2D eigenvalue weighted by atomic mass is 10.0. The minimum Gasteiger partial charge on any atom is -0.391 e. The summed E-state index contributed by atoms with van der Waals surface area (Å²) in [6.45, 7) is 9.75. The maximum Gasteiger partial charge on any atom is 0.220 e. The van der Waals surface area contributed by atoms with Crippen molar-refractivity contribution in [3.63, 3.8) is 0 Å². The number of aryl methyl sites for hydroxylation is 1. The molecule has 1 saturated carbocycles. The van der Waals surface area contributed by atoms with Crippen molar-refractivity contribution in [1.29, 1.82) is 0 Å². The molecule has 24 heavy (non-hydrogen) atoms. The van der Waals surface area contributed by atoms with Crippen LogP contribution >= 0.6 is 0 Å². The Morgan fingerprint density at radius 3 is 2.62 bits per heavy atom. The molecule has 0 bridgehead atoms. The average molecular weight is 335 g/mol. The van der Waals surface area contributed by atoms with E-state index in [9.17, 15) is 9.90 Å². The molecule has 0 spiro atoms. The van der Waals surface area contributed by atoms with Crippen molar-refractivity contribution in [2.24, 2.45) is 11.8 Å². The second kappa shape index (κ2) is 8.65. The number of hydrogen-bond donors (Lipinski definition) is 2. The van der Waals surface area contributed by atoms with Crippen molar-refractivity contribution in [3.05, 3.63) is 17.0 Å². The number of aliphatic hydroxyl groups excluding tert-OH is 1. The third kappa shape index (κ3) is 5.07. The number of carbonyl (C=O) groups excluding carboxylic acids is 1. The zero-order chi connectivity index (χ0) is 17.7. The summed E-state index contributed by atoms with van der Waals surface area (Å²) in [4.78, 5) is 12.1. The highest BCUT2D eigenvalue weighted by molar-refractivity contribution is 5.76. The Morgan fingerprint density at radius 2 is 2.00 bits per heavy atom. The maximum atomic E-state index is 12.1. The molecular weight excluding hydrogens is 302 g/mol. The smallest absolute Gasteiger partial charge is 0.220 e. The van der Waals surface area contributed by atoms with Gasteiger partial charge < -0.3 is 10.4 Å². The number of hydrogen-bond acceptors (Lipinski definition) is 3. The van der Waals surface area contributed by atoms with Crippen LogP contribution in [0.5, 0.6) is 0 Å². The summed E-state index contributed by atoms with van der Waals surface area (Å²) in [5.74, 6) is 0.933. The van der Waals surface area contributed by atoms with E-state index in [1.165, 1.54) is 24.1 Å². The topological polar surface area (TPSA) is 67.2 Å². The van der Waals surface area contributed by atoms with E-state index >= 15 is 0 Å². The number of aromatic nitrogens is 2. The van der Waals surface area contributed by atoms with E-state index < -0.39 is 6.10 Å². The monoisotopic (exact) mass is 335 g/mol. The molecule has 1 fully saturated rings. The van der Waals surface area contributed by atoms with Crippen LogP contribution < -0.4 is 5.32 Å². The largest absolute Gasteiger partial charge is 0.391 e. The molecule has 5 nitrogen and oxygen atoms in total. The summed E-state index contributed by atoms with van der Waals surface area (Å²) in [5, 5.41) is 17.6. The normalized spacial score (nSPS) is 16.8. The minimum absolute atomic E-state index is 0.0162. The standard InChI is InChI=1S/C19H33N3O2/c1-13(2)12-22-15(4)17(14(3)21-22)9-10-19(24)20-11-18(23)16-7-5-6-8-16/h13,16,18,23H,5-12H2,1-4H3,(H,20,24). The van der Waals surface area contributed by atoms with Crippen LogP contribution in [0.25, 0.3) is 0 Å². The molecule has 1 amide bonds. The SMILES string of the molecule is Cc1nn(CC(C)C)c(C)c1CCC(=O)NCC(O)C1CCCC1. The highest BCUT2D eigenvalue weighted by atomic mass is 16.3. The summed E-state index contributed by atoms with van der Waals surface area (Å²) in [6.07, 6.45) is 5.35. The Morgan fingerprint density at radius 1 is 1.33 bits per heavy atom. The Balaban J connectivity index is 1.80. The molecule has 1 aromatic rings. The predicted octanol–water partition coefficient (Wildman–Crippen LogP) is 2.76. The molecule has 0 aliphatic heterocycles. The third-order valence-electron chi connectivity index (χ3n) is 5.12. The Kier molecular flexibility index (Phi) is 6.84. The van der Waals surface area contributed by atoms with E-state index in [1.807, 2.05) is 6.92 Å². The fourth-order valence-corrected chi connectivity index (χ4v) is 3.67. The molecule has 1 atom stereocenters. The Hall–Kier alpha value is -1.36. The molecular formula is C19H33N3O2. The molecule has 5 heteroatoms. The summed E-state index contributed by atoms with van der Waals surface area (Å²) >= 11 is 0. The van der Waals surface area contributed by atoms with Gasteiger partial charge in [-0.15, -0.1) is 0 Å². The Labute approximate surface area is 145 Å². The van der Waals surface area contributed by atoms with E-state index in [1.54, 1.807) is 0 Å². The molecule has 136 valence electrons. The van der Waals surface area contributed by atoms with Gasteiger partial charge in [-0.25, -0.2) is 0 Å². The zero-order valence-corrected chi connectivity index (χ0v) is 15.6. The van der Waals surface area contributed by atoms with Gasteiger partial charge in [-0.2, -0.15) is 5.10 Å². The lowest BCUT2D eigenvalue weighted by Crippen LogP contribution is -2.35. The minimum atomic E-state index is -0.395. The van der Waals surface area contributed by atoms with E-state index in [2.05, 4.69) is 35.9 Å². The number of nitrogens with one attached hydrogen (secondary N) is 1. The highest BCUT2D eigenvalue weighted by Gasteiger charge is 2.23. The van der Waals surface area contributed by atoms with Crippen molar-refractivity contribution in [1.82, 2.24) is 15.1 Å². The van der Waals surface area contributed by atoms with Crippen LogP contribution in [0.1, 0.15) is 62.9 Å². The number of rotatable bonds is 8. The highest BCUT2D eigenvalue weighted by Crippen LogP contribution is 2.27. The number of nitrogens with zero attached hydrogens (tertiary/aromatic N) is 2. The molecule has 1 aromatic heterocycles. The molecule has 1 unspecified atom stereocenters. The van der Waals surface area contributed by atoms with Crippen molar-refractivity contribution >= 4 is 5.91 Å². The van der Waals surface area contributed by atoms with Crippen LogP contribution in [0.15, 0.2) is 0 Å². The van der Waals surface area contributed by atoms with E-state index in [0.29, 0.717) is 31.2 Å². The third-order valence-corrected chi connectivity index (χ3v) is 5.12.